The molecule has 4 heteroatoms. The number of carbonyl (C=O) groups excluding carboxylic acids is 2. The van der Waals surface area contributed by atoms with Gasteiger partial charge in [0.1, 0.15) is 11.3 Å². The first-order valence-electron chi connectivity index (χ1n) is 9.14. The Bertz CT molecular complexity index is 791. The Morgan fingerprint density at radius 3 is 2.50 bits per heavy atom. The van der Waals surface area contributed by atoms with Gasteiger partial charge in [0.25, 0.3) is 5.91 Å². The fourth-order valence-electron chi connectivity index (χ4n) is 4.10. The largest absolute Gasteiger partial charge is 0.477 e. The van der Waals surface area contributed by atoms with Gasteiger partial charge in [0.05, 0.1) is 5.57 Å². The number of ketones is 1. The van der Waals surface area contributed by atoms with Crippen molar-refractivity contribution in [3.8, 4) is 0 Å². The number of rotatable bonds is 4. The van der Waals surface area contributed by atoms with Gasteiger partial charge in [0.2, 0.25) is 0 Å². The molecule has 4 nitrogen and oxygen atoms in total. The molecule has 0 N–H and O–H groups in total. The lowest BCUT2D eigenvalue weighted by molar-refractivity contribution is -0.152. The maximum absolute atomic E-state index is 13.4. The lowest BCUT2D eigenvalue weighted by atomic mass is 9.73. The minimum Gasteiger partial charge on any atom is -0.477 e. The predicted octanol–water partition coefficient (Wildman–Crippen LogP) is 4.33. The highest BCUT2D eigenvalue weighted by Crippen LogP contribution is 2.46. The van der Waals surface area contributed by atoms with Crippen molar-refractivity contribution in [1.29, 1.82) is 0 Å². The Hall–Kier alpha value is -2.36. The van der Waals surface area contributed by atoms with Gasteiger partial charge < -0.3 is 4.74 Å². The van der Waals surface area contributed by atoms with Gasteiger partial charge in [0, 0.05) is 5.41 Å². The van der Waals surface area contributed by atoms with Crippen molar-refractivity contribution in [2.24, 2.45) is 5.41 Å². The molecule has 1 aliphatic heterocycles. The zero-order chi connectivity index (χ0) is 19.1. The zero-order valence-electron chi connectivity index (χ0n) is 16.1. The summed E-state index contributed by atoms with van der Waals surface area (Å²) in [4.78, 5) is 28.3. The maximum atomic E-state index is 13.4. The summed E-state index contributed by atoms with van der Waals surface area (Å²) in [5, 5.41) is 0. The molecule has 0 radical (unpaired) electrons. The number of ether oxygens (including phenoxy) is 1. The van der Waals surface area contributed by atoms with E-state index in [1.165, 1.54) is 0 Å². The lowest BCUT2D eigenvalue weighted by Gasteiger charge is -2.44. The molecule has 0 aromatic heterocycles. The summed E-state index contributed by atoms with van der Waals surface area (Å²) in [7, 11) is 0. The number of amides is 1. The Kier molecular flexibility index (Phi) is 4.55. The van der Waals surface area contributed by atoms with Gasteiger partial charge in [0.15, 0.2) is 12.5 Å². The third-order valence-corrected chi connectivity index (χ3v) is 5.95. The first-order chi connectivity index (χ1) is 12.2. The van der Waals surface area contributed by atoms with Gasteiger partial charge in [-0.25, -0.2) is 0 Å². The van der Waals surface area contributed by atoms with Crippen LogP contribution in [0.25, 0.3) is 5.57 Å². The van der Waals surface area contributed by atoms with Crippen LogP contribution in [0.2, 0.25) is 0 Å². The molecular weight excluding hydrogens is 326 g/mol. The fraction of sp³-hybridized carbons (Fsp3) is 0.455. The average molecular weight is 353 g/mol. The van der Waals surface area contributed by atoms with Crippen LogP contribution in [0.15, 0.2) is 48.2 Å². The third-order valence-electron chi connectivity index (χ3n) is 5.95. The molecule has 2 aliphatic rings. The summed E-state index contributed by atoms with van der Waals surface area (Å²) in [6.45, 7) is 11.6. The molecule has 1 heterocycles. The Labute approximate surface area is 155 Å². The third kappa shape index (κ3) is 2.77. The zero-order valence-corrected chi connectivity index (χ0v) is 16.1. The lowest BCUT2D eigenvalue weighted by Crippen LogP contribution is -2.58. The minimum atomic E-state index is -0.972. The Balaban J connectivity index is 1.95. The molecule has 0 saturated heterocycles. The minimum absolute atomic E-state index is 0.0383. The molecule has 1 amide bonds. The van der Waals surface area contributed by atoms with Crippen LogP contribution in [0.1, 0.15) is 52.5 Å². The average Bonchev–Trinajstić information content (AvgIpc) is 2.95. The molecule has 0 bridgehead atoms. The highest BCUT2D eigenvalue weighted by atomic mass is 16.5. The summed E-state index contributed by atoms with van der Waals surface area (Å²) >= 11 is 0. The van der Waals surface area contributed by atoms with Gasteiger partial charge in [-0.2, -0.15) is 0 Å². The van der Waals surface area contributed by atoms with Gasteiger partial charge in [-0.05, 0) is 52.5 Å². The highest BCUT2D eigenvalue weighted by molar-refractivity contribution is 6.21. The number of hydrogen-bond acceptors (Lipinski definition) is 3. The van der Waals surface area contributed by atoms with E-state index in [1.807, 2.05) is 51.1 Å². The van der Waals surface area contributed by atoms with Crippen LogP contribution in [0.3, 0.4) is 0 Å². The summed E-state index contributed by atoms with van der Waals surface area (Å²) < 4.78 is 5.80. The fourth-order valence-corrected chi connectivity index (χ4v) is 4.10. The van der Waals surface area contributed by atoms with Crippen LogP contribution in [-0.4, -0.2) is 28.9 Å². The van der Waals surface area contributed by atoms with Gasteiger partial charge in [-0.3, -0.25) is 14.5 Å². The molecule has 1 aliphatic carbocycles. The van der Waals surface area contributed by atoms with E-state index in [2.05, 4.69) is 6.58 Å². The SMILES string of the molecule is C=C1CCCC1(C)C(=O)C(C)(C)N1COC(C)=C(c2ccccc2)C1=O. The van der Waals surface area contributed by atoms with E-state index in [1.54, 1.807) is 11.8 Å². The molecule has 3 rings (SSSR count). The van der Waals surface area contributed by atoms with Crippen molar-refractivity contribution in [2.45, 2.75) is 52.5 Å². The molecule has 1 saturated carbocycles. The maximum Gasteiger partial charge on any atom is 0.261 e. The molecule has 138 valence electrons. The second-order valence-electron chi connectivity index (χ2n) is 7.98. The van der Waals surface area contributed by atoms with Crippen LogP contribution in [0.5, 0.6) is 0 Å². The molecule has 26 heavy (non-hydrogen) atoms. The van der Waals surface area contributed by atoms with Crippen LogP contribution in [-0.2, 0) is 14.3 Å². The standard InChI is InChI=1S/C22H27NO3/c1-15-10-9-13-22(15,5)20(25)21(3,4)23-14-26-16(2)18(19(23)24)17-11-7-6-8-12-17/h6-8,11-12H,1,9-10,13-14H2,2-5H3. The van der Waals surface area contributed by atoms with Crippen molar-refractivity contribution in [2.75, 3.05) is 6.73 Å². The van der Waals surface area contributed by atoms with Crippen LogP contribution < -0.4 is 0 Å². The summed E-state index contributed by atoms with van der Waals surface area (Å²) in [6.07, 6.45) is 2.63. The Morgan fingerprint density at radius 2 is 1.92 bits per heavy atom. The number of Topliss-reactive ketones (excluding diaryl/α,β-unsaturated/α-hetero) is 1. The monoisotopic (exact) mass is 353 g/mol. The summed E-state index contributed by atoms with van der Waals surface area (Å²) in [5.74, 6) is 0.471. The molecule has 1 fully saturated rings. The van der Waals surface area contributed by atoms with E-state index in [0.717, 1.165) is 30.4 Å². The number of benzene rings is 1. The van der Waals surface area contributed by atoms with Crippen LogP contribution in [0.4, 0.5) is 0 Å². The van der Waals surface area contributed by atoms with Gasteiger partial charge >= 0.3 is 0 Å². The molecule has 1 unspecified atom stereocenters. The predicted molar refractivity (Wildman–Crippen MR) is 102 cm³/mol. The van der Waals surface area contributed by atoms with E-state index in [9.17, 15) is 9.59 Å². The Morgan fingerprint density at radius 1 is 1.27 bits per heavy atom. The van der Waals surface area contributed by atoms with E-state index in [0.29, 0.717) is 11.3 Å². The number of carbonyl (C=O) groups is 2. The van der Waals surface area contributed by atoms with E-state index in [-0.39, 0.29) is 18.4 Å². The van der Waals surface area contributed by atoms with Crippen molar-refractivity contribution in [1.82, 2.24) is 4.90 Å². The van der Waals surface area contributed by atoms with E-state index in [4.69, 9.17) is 4.74 Å². The second-order valence-corrected chi connectivity index (χ2v) is 7.98. The smallest absolute Gasteiger partial charge is 0.261 e. The first kappa shape index (κ1) is 18.4. The molecule has 1 aromatic carbocycles. The molecular formula is C22H27NO3. The van der Waals surface area contributed by atoms with E-state index < -0.39 is 11.0 Å². The van der Waals surface area contributed by atoms with Crippen LogP contribution in [0, 0.1) is 5.41 Å². The molecule has 1 atom stereocenters. The molecule has 0 spiro atoms. The van der Waals surface area contributed by atoms with Crippen molar-refractivity contribution >= 4 is 17.3 Å². The van der Waals surface area contributed by atoms with E-state index >= 15 is 0 Å². The van der Waals surface area contributed by atoms with Crippen molar-refractivity contribution in [3.63, 3.8) is 0 Å². The van der Waals surface area contributed by atoms with Crippen molar-refractivity contribution in [3.05, 3.63) is 53.8 Å². The van der Waals surface area contributed by atoms with Gasteiger partial charge in [-0.1, -0.05) is 42.5 Å². The number of allylic oxidation sites excluding steroid dienone is 2. The first-order valence-corrected chi connectivity index (χ1v) is 9.14. The summed E-state index contributed by atoms with van der Waals surface area (Å²) in [5.41, 5.74) is 0.746. The van der Waals surface area contributed by atoms with Crippen molar-refractivity contribution < 1.29 is 14.3 Å². The van der Waals surface area contributed by atoms with Gasteiger partial charge in [-0.15, -0.1) is 0 Å². The number of hydrogen-bond donors (Lipinski definition) is 0. The van der Waals surface area contributed by atoms with Crippen LogP contribution >= 0.6 is 0 Å². The number of nitrogens with zero attached hydrogens (tertiary/aromatic N) is 1. The second kappa shape index (κ2) is 6.42. The topological polar surface area (TPSA) is 46.6 Å². The quantitative estimate of drug-likeness (QED) is 0.757. The summed E-state index contributed by atoms with van der Waals surface area (Å²) in [6, 6.07) is 9.46. The normalized spacial score (nSPS) is 24.1. The molecule has 1 aromatic rings. The highest BCUT2D eigenvalue weighted by Gasteiger charge is 2.51.